The van der Waals surface area contributed by atoms with Crippen molar-refractivity contribution in [3.8, 4) is 11.3 Å². The highest BCUT2D eigenvalue weighted by molar-refractivity contribution is 5.95. The molecule has 2 nitrogen and oxygen atoms in total. The molecule has 0 N–H and O–H groups in total. The molecule has 0 radical (unpaired) electrons. The number of halogens is 1. The molecular formula is C28H31ClN2. The molecule has 0 aliphatic rings. The van der Waals surface area contributed by atoms with Crippen LogP contribution in [0, 0.1) is 13.8 Å². The Morgan fingerprint density at radius 2 is 1.58 bits per heavy atom. The van der Waals surface area contributed by atoms with Crippen LogP contribution in [0.25, 0.3) is 28.2 Å². The van der Waals surface area contributed by atoms with Crippen molar-refractivity contribution in [2.45, 2.75) is 46.6 Å². The molecule has 0 unspecified atom stereocenters. The van der Waals surface area contributed by atoms with Crippen molar-refractivity contribution in [1.82, 2.24) is 9.55 Å². The molecule has 0 fully saturated rings. The minimum Gasteiger partial charge on any atom is -0.338 e. The number of aromatic nitrogens is 2. The summed E-state index contributed by atoms with van der Waals surface area (Å²) in [4.78, 5) is 4.79. The lowest BCUT2D eigenvalue weighted by atomic mass is 9.87. The first-order chi connectivity index (χ1) is 14.3. The second kappa shape index (κ2) is 8.72. The van der Waals surface area contributed by atoms with Crippen molar-refractivity contribution in [2.75, 3.05) is 0 Å². The molecular weight excluding hydrogens is 400 g/mol. The van der Waals surface area contributed by atoms with Gasteiger partial charge in [-0.3, -0.25) is 4.98 Å². The van der Waals surface area contributed by atoms with E-state index in [0.29, 0.717) is 0 Å². The third-order valence-electron chi connectivity index (χ3n) is 6.13. The predicted octanol–water partition coefficient (Wildman–Crippen LogP) is 7.73. The van der Waals surface area contributed by atoms with E-state index in [2.05, 4.69) is 100 Å². The lowest BCUT2D eigenvalue weighted by Gasteiger charge is -2.19. The van der Waals surface area contributed by atoms with Gasteiger partial charge >= 0.3 is 0 Å². The number of fused-ring (bicyclic) bond motifs is 1. The molecule has 2 heterocycles. The van der Waals surface area contributed by atoms with E-state index < -0.39 is 0 Å². The maximum Gasteiger partial charge on any atom is 0.0945 e. The lowest BCUT2D eigenvalue weighted by Crippen LogP contribution is -2.11. The summed E-state index contributed by atoms with van der Waals surface area (Å²) in [6.07, 6.45) is 3.80. The topological polar surface area (TPSA) is 17.8 Å². The van der Waals surface area contributed by atoms with Gasteiger partial charge in [0.1, 0.15) is 0 Å². The minimum absolute atomic E-state index is 0. The summed E-state index contributed by atoms with van der Waals surface area (Å²) < 4.78 is 2.42. The van der Waals surface area contributed by atoms with Crippen molar-refractivity contribution in [2.24, 2.45) is 0 Å². The van der Waals surface area contributed by atoms with E-state index in [1.165, 1.54) is 33.3 Å². The van der Waals surface area contributed by atoms with Gasteiger partial charge in [0.05, 0.1) is 11.2 Å². The molecule has 4 aromatic rings. The van der Waals surface area contributed by atoms with Gasteiger partial charge in [0.25, 0.3) is 0 Å². The van der Waals surface area contributed by atoms with Gasteiger partial charge in [-0.15, -0.1) is 12.4 Å². The fraction of sp³-hybridized carbons (Fsp3) is 0.250. The van der Waals surface area contributed by atoms with Gasteiger partial charge in [-0.25, -0.2) is 0 Å². The van der Waals surface area contributed by atoms with Crippen molar-refractivity contribution in [3.05, 3.63) is 95.3 Å². The summed E-state index contributed by atoms with van der Waals surface area (Å²) >= 11 is 0. The first-order valence-corrected chi connectivity index (χ1v) is 10.6. The first kappa shape index (κ1) is 22.8. The average molecular weight is 431 g/mol. The van der Waals surface area contributed by atoms with Crippen molar-refractivity contribution < 1.29 is 0 Å². The van der Waals surface area contributed by atoms with Crippen LogP contribution < -0.4 is 0 Å². The minimum atomic E-state index is 0. The second-order valence-corrected chi connectivity index (χ2v) is 9.13. The van der Waals surface area contributed by atoms with Gasteiger partial charge in [-0.1, -0.05) is 82.0 Å². The Kier molecular flexibility index (Phi) is 6.43. The number of aryl methyl sites for hydroxylation is 1. The Balaban J connectivity index is 0.00000272. The average Bonchev–Trinajstić information content (AvgIpc) is 2.98. The van der Waals surface area contributed by atoms with Crippen LogP contribution in [-0.2, 0) is 12.0 Å². The molecule has 0 atom stereocenters. The van der Waals surface area contributed by atoms with E-state index in [0.717, 1.165) is 23.4 Å². The molecule has 0 aliphatic heterocycles. The van der Waals surface area contributed by atoms with Crippen LogP contribution >= 0.6 is 12.4 Å². The van der Waals surface area contributed by atoms with E-state index in [1.54, 1.807) is 0 Å². The number of pyridine rings is 1. The number of nitrogens with zero attached hydrogens (tertiary/aromatic N) is 2. The number of hydrogen-bond acceptors (Lipinski definition) is 1. The summed E-state index contributed by atoms with van der Waals surface area (Å²) in [6.45, 7) is 15.9. The summed E-state index contributed by atoms with van der Waals surface area (Å²) in [5.74, 6) is 0. The number of hydrogen-bond donors (Lipinski definition) is 0. The summed E-state index contributed by atoms with van der Waals surface area (Å²) in [5, 5.41) is 1.27. The molecule has 2 aromatic heterocycles. The zero-order valence-corrected chi connectivity index (χ0v) is 19.9. The van der Waals surface area contributed by atoms with E-state index in [-0.39, 0.29) is 17.8 Å². The highest BCUT2D eigenvalue weighted by atomic mass is 35.5. The molecule has 0 amide bonds. The molecule has 3 heteroatoms. The second-order valence-electron chi connectivity index (χ2n) is 9.13. The molecule has 0 aliphatic carbocycles. The van der Waals surface area contributed by atoms with Crippen molar-refractivity contribution in [3.63, 3.8) is 0 Å². The van der Waals surface area contributed by atoms with Crippen molar-refractivity contribution >= 4 is 29.4 Å². The van der Waals surface area contributed by atoms with Gasteiger partial charge in [-0.05, 0) is 47.6 Å². The monoisotopic (exact) mass is 430 g/mol. The number of rotatable bonds is 4. The highest BCUT2D eigenvalue weighted by Crippen LogP contribution is 2.33. The first-order valence-electron chi connectivity index (χ1n) is 10.6. The smallest absolute Gasteiger partial charge is 0.0945 e. The molecule has 0 saturated heterocycles. The molecule has 4 rings (SSSR count). The van der Waals surface area contributed by atoms with E-state index >= 15 is 0 Å². The highest BCUT2D eigenvalue weighted by Gasteiger charge is 2.17. The van der Waals surface area contributed by atoms with Crippen LogP contribution in [0.15, 0.2) is 67.4 Å². The van der Waals surface area contributed by atoms with Crippen LogP contribution in [0.4, 0.5) is 0 Å². The van der Waals surface area contributed by atoms with Crippen LogP contribution in [0.1, 0.15) is 48.7 Å². The Morgan fingerprint density at radius 1 is 0.935 bits per heavy atom. The third kappa shape index (κ3) is 4.31. The predicted molar refractivity (Wildman–Crippen MR) is 136 cm³/mol. The third-order valence-corrected chi connectivity index (χ3v) is 6.13. The van der Waals surface area contributed by atoms with Gasteiger partial charge in [0.2, 0.25) is 0 Å². The Labute approximate surface area is 192 Å². The summed E-state index contributed by atoms with van der Waals surface area (Å²) in [6, 6.07) is 19.7. The maximum atomic E-state index is 4.79. The van der Waals surface area contributed by atoms with E-state index in [1.807, 2.05) is 12.3 Å². The summed E-state index contributed by atoms with van der Waals surface area (Å²) in [7, 11) is 0. The molecule has 160 valence electrons. The maximum absolute atomic E-state index is 4.79. The molecule has 0 spiro atoms. The van der Waals surface area contributed by atoms with Crippen LogP contribution in [0.5, 0.6) is 0 Å². The summed E-state index contributed by atoms with van der Waals surface area (Å²) in [5.41, 5.74) is 9.94. The largest absolute Gasteiger partial charge is 0.338 e. The van der Waals surface area contributed by atoms with Crippen LogP contribution in [0.3, 0.4) is 0 Å². The van der Waals surface area contributed by atoms with Crippen molar-refractivity contribution in [1.29, 1.82) is 0 Å². The molecule has 0 saturated carbocycles. The van der Waals surface area contributed by atoms with E-state index in [9.17, 15) is 0 Å². The van der Waals surface area contributed by atoms with Gasteiger partial charge in [-0.2, -0.15) is 0 Å². The molecule has 31 heavy (non-hydrogen) atoms. The normalized spacial score (nSPS) is 11.4. The fourth-order valence-electron chi connectivity index (χ4n) is 4.07. The zero-order valence-electron chi connectivity index (χ0n) is 19.1. The van der Waals surface area contributed by atoms with Gasteiger partial charge in [0.15, 0.2) is 0 Å². The van der Waals surface area contributed by atoms with Gasteiger partial charge in [0, 0.05) is 29.4 Å². The van der Waals surface area contributed by atoms with Crippen LogP contribution in [0.2, 0.25) is 0 Å². The Hall–Kier alpha value is -2.84. The van der Waals surface area contributed by atoms with E-state index in [4.69, 9.17) is 4.98 Å². The fourth-order valence-corrected chi connectivity index (χ4v) is 4.07. The molecule has 2 aromatic carbocycles. The number of benzene rings is 2. The Morgan fingerprint density at radius 3 is 2.16 bits per heavy atom. The lowest BCUT2D eigenvalue weighted by molar-refractivity contribution is 0.590. The SMILES string of the molecule is C=Cc1ccc(-c2nccc3c(C)c(C)n(Cc4ccc(C(C)(C)C)cc4)c23)cc1.Cl. The Bertz CT molecular complexity index is 1210. The molecule has 0 bridgehead atoms. The van der Waals surface area contributed by atoms with Crippen LogP contribution in [-0.4, -0.2) is 9.55 Å². The zero-order chi connectivity index (χ0) is 21.5. The standard InChI is InChI=1S/C28H30N2.ClH/c1-7-21-8-12-23(13-9-21)26-27-25(16-17-29-26)19(2)20(3)30(27)18-22-10-14-24(15-11-22)28(4,5)6;/h7-17H,1,18H2,2-6H3;1H. The quantitative estimate of drug-likeness (QED) is 0.324. The van der Waals surface area contributed by atoms with Gasteiger partial charge < -0.3 is 4.57 Å².